The number of carbonyl (C=O) groups is 1. The molecule has 2 aromatic carbocycles. The van der Waals surface area contributed by atoms with E-state index in [-0.39, 0.29) is 17.0 Å². The summed E-state index contributed by atoms with van der Waals surface area (Å²) in [6.45, 7) is 6.68. The van der Waals surface area contributed by atoms with Crippen LogP contribution in [0.25, 0.3) is 22.2 Å². The minimum Gasteiger partial charge on any atom is -0.444 e. The number of anilines is 1. The molecular formula is C28H30IN5O4S. The van der Waals surface area contributed by atoms with Crippen LogP contribution in [0.15, 0.2) is 71.9 Å². The lowest BCUT2D eigenvalue weighted by Gasteiger charge is -2.34. The Bertz CT molecular complexity index is 1620. The summed E-state index contributed by atoms with van der Waals surface area (Å²) in [6, 6.07) is 15.7. The van der Waals surface area contributed by atoms with Crippen molar-refractivity contribution in [1.82, 2.24) is 18.8 Å². The van der Waals surface area contributed by atoms with Crippen LogP contribution in [0.5, 0.6) is 0 Å². The van der Waals surface area contributed by atoms with Gasteiger partial charge in [-0.1, -0.05) is 36.4 Å². The first kappa shape index (κ1) is 27.4. The van der Waals surface area contributed by atoms with E-state index in [0.29, 0.717) is 35.8 Å². The van der Waals surface area contributed by atoms with E-state index in [2.05, 4.69) is 32.9 Å². The Labute approximate surface area is 241 Å². The van der Waals surface area contributed by atoms with Crippen LogP contribution >= 0.6 is 22.6 Å². The summed E-state index contributed by atoms with van der Waals surface area (Å²) in [5, 5.41) is 4.15. The first-order valence-electron chi connectivity index (χ1n) is 12.7. The van der Waals surface area contributed by atoms with Crippen molar-refractivity contribution in [1.29, 1.82) is 0 Å². The first-order valence-corrected chi connectivity index (χ1v) is 15.2. The smallest absolute Gasteiger partial charge is 0.410 e. The number of hydrogen-bond acceptors (Lipinski definition) is 7. The van der Waals surface area contributed by atoms with Gasteiger partial charge in [0.25, 0.3) is 10.0 Å². The lowest BCUT2D eigenvalue weighted by Crippen LogP contribution is -2.47. The molecule has 0 saturated carbocycles. The standard InChI is InChI=1S/C28H30IN5O4S/c1-28(2,3)38-27(35)33-15-9-10-19(17-33)31-26-30-16-23(29)25(32-26)22-18-34(24-14-8-7-13-21(22)24)39(36,37)20-11-5-4-6-12-20/h4-8,11-14,16,18-19H,9-10,15,17H2,1-3H3,(H,30,31,32)/t19-/m0/s1. The number of aromatic nitrogens is 3. The molecule has 1 amide bonds. The van der Waals surface area contributed by atoms with Crippen molar-refractivity contribution in [3.8, 4) is 11.3 Å². The van der Waals surface area contributed by atoms with Crippen molar-refractivity contribution in [2.75, 3.05) is 18.4 Å². The van der Waals surface area contributed by atoms with Crippen molar-refractivity contribution in [3.05, 3.63) is 70.6 Å². The number of para-hydroxylation sites is 1. The summed E-state index contributed by atoms with van der Waals surface area (Å²) in [5.74, 6) is 0.421. The van der Waals surface area contributed by atoms with Gasteiger partial charge in [0, 0.05) is 42.5 Å². The quantitative estimate of drug-likeness (QED) is 0.272. The van der Waals surface area contributed by atoms with Crippen LogP contribution < -0.4 is 5.32 Å². The fourth-order valence-corrected chi connectivity index (χ4v) is 6.58. The van der Waals surface area contributed by atoms with Crippen LogP contribution in [-0.4, -0.2) is 58.1 Å². The van der Waals surface area contributed by atoms with Gasteiger partial charge in [-0.3, -0.25) is 0 Å². The average molecular weight is 660 g/mol. The highest BCUT2D eigenvalue weighted by Gasteiger charge is 2.28. The monoisotopic (exact) mass is 659 g/mol. The van der Waals surface area contributed by atoms with Crippen LogP contribution in [0.3, 0.4) is 0 Å². The van der Waals surface area contributed by atoms with Gasteiger partial charge in [0.05, 0.1) is 19.7 Å². The van der Waals surface area contributed by atoms with E-state index in [9.17, 15) is 13.2 Å². The van der Waals surface area contributed by atoms with Gasteiger partial charge in [-0.15, -0.1) is 0 Å². The molecule has 1 aliphatic heterocycles. The van der Waals surface area contributed by atoms with Crippen molar-refractivity contribution >= 4 is 55.6 Å². The Morgan fingerprint density at radius 1 is 1.10 bits per heavy atom. The van der Waals surface area contributed by atoms with Gasteiger partial charge < -0.3 is 15.0 Å². The zero-order chi connectivity index (χ0) is 27.8. The number of carbonyl (C=O) groups excluding carboxylic acids is 1. The molecule has 204 valence electrons. The Kier molecular flexibility index (Phi) is 7.55. The predicted octanol–water partition coefficient (Wildman–Crippen LogP) is 5.75. The fourth-order valence-electron chi connectivity index (χ4n) is 4.64. The summed E-state index contributed by atoms with van der Waals surface area (Å²) >= 11 is 2.17. The zero-order valence-corrected chi connectivity index (χ0v) is 24.9. The second-order valence-corrected chi connectivity index (χ2v) is 13.5. The number of benzene rings is 2. The number of fused-ring (bicyclic) bond motifs is 1. The van der Waals surface area contributed by atoms with Crippen LogP contribution in [-0.2, 0) is 14.8 Å². The number of ether oxygens (including phenoxy) is 1. The average Bonchev–Trinajstić information content (AvgIpc) is 3.30. The number of halogens is 1. The number of amides is 1. The van der Waals surface area contributed by atoms with Gasteiger partial charge in [-0.25, -0.2) is 27.2 Å². The lowest BCUT2D eigenvalue weighted by atomic mass is 10.1. The SMILES string of the molecule is CC(C)(C)OC(=O)N1CCC[C@H](Nc2ncc(I)c(-c3cn(S(=O)(=O)c4ccccc4)c4ccccc34)n2)C1. The molecule has 1 N–H and O–H groups in total. The summed E-state index contributed by atoms with van der Waals surface area (Å²) in [4.78, 5) is 23.8. The van der Waals surface area contributed by atoms with E-state index in [0.717, 1.165) is 21.8 Å². The molecule has 0 spiro atoms. The Morgan fingerprint density at radius 2 is 1.82 bits per heavy atom. The Balaban J connectivity index is 1.46. The lowest BCUT2D eigenvalue weighted by molar-refractivity contribution is 0.0206. The molecule has 0 aliphatic carbocycles. The second kappa shape index (κ2) is 10.8. The molecule has 0 radical (unpaired) electrons. The van der Waals surface area contributed by atoms with Gasteiger partial charge in [0.1, 0.15) is 5.60 Å². The van der Waals surface area contributed by atoms with E-state index in [1.165, 1.54) is 3.97 Å². The summed E-state index contributed by atoms with van der Waals surface area (Å²) < 4.78 is 34.8. The van der Waals surface area contributed by atoms with Crippen molar-refractivity contribution in [3.63, 3.8) is 0 Å². The second-order valence-electron chi connectivity index (χ2n) is 10.5. The molecule has 4 aromatic rings. The molecule has 1 aliphatic rings. The maximum Gasteiger partial charge on any atom is 0.410 e. The number of nitrogens with one attached hydrogen (secondary N) is 1. The molecule has 1 fully saturated rings. The molecule has 0 unspecified atom stereocenters. The summed E-state index contributed by atoms with van der Waals surface area (Å²) in [5.41, 5.74) is 1.34. The molecule has 39 heavy (non-hydrogen) atoms. The molecule has 1 saturated heterocycles. The molecule has 1 atom stereocenters. The third-order valence-corrected chi connectivity index (χ3v) is 8.86. The van der Waals surface area contributed by atoms with Crippen molar-refractivity contribution < 1.29 is 17.9 Å². The highest BCUT2D eigenvalue weighted by molar-refractivity contribution is 14.1. The summed E-state index contributed by atoms with van der Waals surface area (Å²) in [7, 11) is -3.82. The number of likely N-dealkylation sites (tertiary alicyclic amines) is 1. The zero-order valence-electron chi connectivity index (χ0n) is 22.0. The highest BCUT2D eigenvalue weighted by atomic mass is 127. The number of piperidine rings is 1. The van der Waals surface area contributed by atoms with Crippen molar-refractivity contribution in [2.24, 2.45) is 0 Å². The van der Waals surface area contributed by atoms with Crippen molar-refractivity contribution in [2.45, 2.75) is 50.2 Å². The maximum absolute atomic E-state index is 13.6. The van der Waals surface area contributed by atoms with Gasteiger partial charge in [0.2, 0.25) is 5.95 Å². The van der Waals surface area contributed by atoms with E-state index >= 15 is 0 Å². The van der Waals surface area contributed by atoms with E-state index in [1.54, 1.807) is 53.7 Å². The molecule has 3 heterocycles. The molecule has 2 aromatic heterocycles. The minimum atomic E-state index is -3.82. The summed E-state index contributed by atoms with van der Waals surface area (Å²) in [6.07, 6.45) is 4.71. The van der Waals surface area contributed by atoms with Gasteiger partial charge in [-0.2, -0.15) is 0 Å². The van der Waals surface area contributed by atoms with Gasteiger partial charge >= 0.3 is 6.09 Å². The molecule has 0 bridgehead atoms. The topological polar surface area (TPSA) is 106 Å². The molecule has 11 heteroatoms. The molecule has 5 rings (SSSR count). The van der Waals surface area contributed by atoms with Crippen LogP contribution in [0.2, 0.25) is 0 Å². The van der Waals surface area contributed by atoms with E-state index < -0.39 is 15.6 Å². The number of hydrogen-bond donors (Lipinski definition) is 1. The molecule has 9 nitrogen and oxygen atoms in total. The van der Waals surface area contributed by atoms with E-state index in [4.69, 9.17) is 9.72 Å². The van der Waals surface area contributed by atoms with Crippen LogP contribution in [0.1, 0.15) is 33.6 Å². The number of nitrogens with zero attached hydrogens (tertiary/aromatic N) is 4. The Morgan fingerprint density at radius 3 is 2.56 bits per heavy atom. The highest BCUT2D eigenvalue weighted by Crippen LogP contribution is 2.34. The largest absolute Gasteiger partial charge is 0.444 e. The van der Waals surface area contributed by atoms with Crippen LogP contribution in [0, 0.1) is 3.57 Å². The molecular weight excluding hydrogens is 629 g/mol. The minimum absolute atomic E-state index is 0.0426. The van der Waals surface area contributed by atoms with Gasteiger partial charge in [-0.05, 0) is 74.4 Å². The predicted molar refractivity (Wildman–Crippen MR) is 159 cm³/mol. The number of rotatable bonds is 5. The first-order chi connectivity index (χ1) is 18.5. The van der Waals surface area contributed by atoms with Crippen LogP contribution in [0.4, 0.5) is 10.7 Å². The third kappa shape index (κ3) is 5.88. The third-order valence-electron chi connectivity index (χ3n) is 6.38. The fraction of sp³-hybridized carbons (Fsp3) is 0.321. The normalized spacial score (nSPS) is 16.3. The van der Waals surface area contributed by atoms with E-state index in [1.807, 2.05) is 39.0 Å². The Hall–Kier alpha value is -3.19. The maximum atomic E-state index is 13.6. The van der Waals surface area contributed by atoms with Gasteiger partial charge in [0.15, 0.2) is 0 Å².